The number of hydrogen-bond acceptors (Lipinski definition) is 16. The summed E-state index contributed by atoms with van der Waals surface area (Å²) in [6.07, 6.45) is -12.6. The molecule has 4 aromatic rings. The second-order valence-electron chi connectivity index (χ2n) is 26.2. The summed E-state index contributed by atoms with van der Waals surface area (Å²) in [7, 11) is -4.84. The van der Waals surface area contributed by atoms with Gasteiger partial charge in [0, 0.05) is 17.5 Å². The van der Waals surface area contributed by atoms with Crippen molar-refractivity contribution < 1.29 is 130 Å². The molecule has 560 valence electrons. The van der Waals surface area contributed by atoms with Gasteiger partial charge in [-0.2, -0.15) is 43.9 Å². The molecule has 0 radical (unpaired) electrons. The predicted molar refractivity (Wildman–Crippen MR) is 352 cm³/mol. The van der Waals surface area contributed by atoms with E-state index in [2.05, 4.69) is 164 Å². The predicted octanol–water partition coefficient (Wildman–Crippen LogP) is 11.2. The van der Waals surface area contributed by atoms with Crippen LogP contribution in [0.5, 0.6) is 0 Å². The highest BCUT2D eigenvalue weighted by atomic mass is 32.2. The number of rotatable bonds is 24. The lowest BCUT2D eigenvalue weighted by Crippen LogP contribution is -3.11. The smallest absolute Gasteiger partial charge is 0.432 e. The summed E-state index contributed by atoms with van der Waals surface area (Å²) in [6.45, 7) is 28.3. The average Bonchev–Trinajstić information content (AvgIpc) is 0.716. The molecule has 4 saturated carbocycles. The van der Waals surface area contributed by atoms with Gasteiger partial charge in [0.15, 0.2) is 20.2 Å². The van der Waals surface area contributed by atoms with E-state index in [1.165, 1.54) is 61.1 Å². The van der Waals surface area contributed by atoms with Gasteiger partial charge < -0.3 is 46.5 Å². The molecule has 4 unspecified atom stereocenters. The molecule has 4 aliphatic rings. The zero-order valence-electron chi connectivity index (χ0n) is 57.3. The van der Waals surface area contributed by atoms with E-state index in [-0.39, 0.29) is 18.3 Å². The van der Waals surface area contributed by atoms with Gasteiger partial charge in [-0.1, -0.05) is 136 Å². The highest BCUT2D eigenvalue weighted by Gasteiger charge is 2.65. The van der Waals surface area contributed by atoms with Crippen LogP contribution in [0.1, 0.15) is 104 Å². The first kappa shape index (κ1) is 89.0. The van der Waals surface area contributed by atoms with Crippen LogP contribution in [0.3, 0.4) is 0 Å². The SMILES string of the molecule is C=C(C)C(=C)OC12CC3CC(C1)CC(C(=O)OC(CS(=O)(=O)[O-])C(F)(F)F)(C3)C2.C=Cc1ccc(C(=O)OC(C(F)(F)F)C(F)(F)S(=O)(=O)[O-])cc1.C=Cc1ccc(COC(=O)C(F)(F)S(=O)(=O)[O-])cc1.CC[NH+](CC)CC.C[N+](C)(C)Cc1ccccc1.C[N+](C)(C)Cc1ccccc1. The van der Waals surface area contributed by atoms with E-state index < -0.39 is 112 Å². The van der Waals surface area contributed by atoms with Crippen LogP contribution in [0.25, 0.3) is 12.2 Å². The lowest BCUT2D eigenvalue weighted by Gasteiger charge is -2.60. The fourth-order valence-electron chi connectivity index (χ4n) is 11.0. The van der Waals surface area contributed by atoms with Gasteiger partial charge in [-0.3, -0.25) is 4.79 Å². The second-order valence-corrected chi connectivity index (χ2v) is 30.6. The first-order valence-electron chi connectivity index (χ1n) is 30.9. The topological polar surface area (TPSA) is 264 Å². The lowest BCUT2D eigenvalue weighted by molar-refractivity contribution is -0.894. The van der Waals surface area contributed by atoms with Gasteiger partial charge >= 0.3 is 40.8 Å². The van der Waals surface area contributed by atoms with E-state index in [4.69, 9.17) is 4.74 Å². The van der Waals surface area contributed by atoms with Crippen LogP contribution < -0.4 is 4.90 Å². The molecule has 0 saturated heterocycles. The summed E-state index contributed by atoms with van der Waals surface area (Å²) in [5.74, 6) is -6.64. The van der Waals surface area contributed by atoms with E-state index in [1.54, 1.807) is 30.0 Å². The highest BCUT2D eigenvalue weighted by molar-refractivity contribution is 7.87. The standard InChI is InChI=1S/C19H25F3O6S.C12H9F5O5S.C11H10F2O5S.2C10H16N.C6H15N/c1-11(2)12(3)28-18-7-13-4-14(8-18)6-17(5-13,10-18)16(23)27-15(19(20,21)22)9-29(24,25)26;1-2-7-3-5-8(6-4-7)9(18)22-10(11(13,14)15)12(16,17)23(19,20)21;1-2-8-3-5-9(6-4-8)7-18-10(14)11(12,13)19(15,16)17;2*1-11(2,3)9-10-7-5-4-6-8-10;1-4-7(5-2)6-3/h13-15H,1,3-10H2,2H3,(H,24,25,26);2-6,10H,1H2,(H,19,20,21);2-6H,1,7H2,(H,15,16,17);2*4-8H,9H2,1-3H3;4-6H2,1-3H3/q;;;2*+1;/p-2. The molecule has 0 spiro atoms. The van der Waals surface area contributed by atoms with Crippen molar-refractivity contribution in [2.45, 2.75) is 127 Å². The summed E-state index contributed by atoms with van der Waals surface area (Å²) < 4.78 is 244. The average molecular weight is 1490 g/mol. The number of quaternary nitrogens is 3. The quantitative estimate of drug-likeness (QED) is 0.0130. The number of allylic oxidation sites excluding steroid dienone is 1. The minimum absolute atomic E-state index is 0.0919. The molecular weight excluding hydrogens is 1400 g/mol. The maximum absolute atomic E-state index is 13.2. The fourth-order valence-corrected chi connectivity index (χ4v) is 12.3. The lowest BCUT2D eigenvalue weighted by atomic mass is 9.48. The van der Waals surface area contributed by atoms with Gasteiger partial charge in [0.25, 0.3) is 6.10 Å². The van der Waals surface area contributed by atoms with Crippen LogP contribution in [0.4, 0.5) is 43.9 Å². The number of halogens is 10. The van der Waals surface area contributed by atoms with Gasteiger partial charge in [-0.25, -0.2) is 34.8 Å². The van der Waals surface area contributed by atoms with Gasteiger partial charge in [-0.05, 0) is 106 Å². The molecule has 100 heavy (non-hydrogen) atoms. The number of benzene rings is 4. The maximum Gasteiger partial charge on any atom is 0.432 e. The first-order chi connectivity index (χ1) is 45.6. The third-order valence-electron chi connectivity index (χ3n) is 15.4. The monoisotopic (exact) mass is 1490 g/mol. The largest absolute Gasteiger partial charge is 0.748 e. The molecule has 0 amide bonds. The number of nitrogens with one attached hydrogen (secondary N) is 1. The minimum Gasteiger partial charge on any atom is -0.748 e. The van der Waals surface area contributed by atoms with Crippen molar-refractivity contribution in [3.05, 3.63) is 180 Å². The molecule has 32 heteroatoms. The Labute approximate surface area is 579 Å². The Morgan fingerprint density at radius 1 is 0.610 bits per heavy atom. The maximum atomic E-state index is 13.2. The molecule has 8 rings (SSSR count). The minimum atomic E-state index is -6.72. The van der Waals surface area contributed by atoms with E-state index in [0.29, 0.717) is 48.1 Å². The molecule has 0 aromatic heterocycles. The number of nitrogens with zero attached hydrogens (tertiary/aromatic N) is 2. The molecule has 4 aromatic carbocycles. The van der Waals surface area contributed by atoms with Crippen LogP contribution in [0.2, 0.25) is 0 Å². The summed E-state index contributed by atoms with van der Waals surface area (Å²) in [4.78, 5) is 36.9. The second kappa shape index (κ2) is 36.7. The van der Waals surface area contributed by atoms with Crippen molar-refractivity contribution in [3.8, 4) is 0 Å². The number of esters is 3. The number of ether oxygens (including phenoxy) is 4. The van der Waals surface area contributed by atoms with E-state index in [0.717, 1.165) is 46.2 Å². The molecule has 1 N–H and O–H groups in total. The molecule has 4 fully saturated rings. The highest BCUT2D eigenvalue weighted by Crippen LogP contribution is 2.64. The Kier molecular flexibility index (Phi) is 32.7. The molecule has 4 aliphatic carbocycles. The Bertz CT molecular complexity index is 3630. The van der Waals surface area contributed by atoms with Crippen molar-refractivity contribution >= 4 is 60.4 Å². The Balaban J connectivity index is 0.000000431. The van der Waals surface area contributed by atoms with Crippen molar-refractivity contribution in [1.82, 2.24) is 0 Å². The van der Waals surface area contributed by atoms with Crippen LogP contribution in [0, 0.1) is 17.3 Å². The summed E-state index contributed by atoms with van der Waals surface area (Å²) in [5.41, 5.74) is 2.56. The Hall–Kier alpha value is -7.04. The molecule has 4 bridgehead atoms. The molecule has 0 heterocycles. The number of carbonyl (C=O) groups excluding carboxylic acids is 3. The van der Waals surface area contributed by atoms with Crippen LogP contribution in [-0.4, -0.2) is 174 Å². The number of hydrogen-bond donors (Lipinski definition) is 1. The van der Waals surface area contributed by atoms with Crippen molar-refractivity contribution in [1.29, 1.82) is 0 Å². The van der Waals surface area contributed by atoms with Gasteiger partial charge in [0.2, 0.25) is 6.10 Å². The van der Waals surface area contributed by atoms with Crippen LogP contribution >= 0.6 is 0 Å². The zero-order chi connectivity index (χ0) is 76.9. The van der Waals surface area contributed by atoms with Gasteiger partial charge in [0.1, 0.15) is 31.1 Å². The number of alkyl halides is 10. The Morgan fingerprint density at radius 3 is 1.36 bits per heavy atom. The molecule has 0 aliphatic heterocycles. The van der Waals surface area contributed by atoms with Crippen molar-refractivity contribution in [2.75, 3.05) is 67.7 Å². The van der Waals surface area contributed by atoms with Crippen LogP contribution in [0.15, 0.2) is 147 Å². The fraction of sp³-hybridized carbons (Fsp3) is 0.485. The first-order valence-corrected chi connectivity index (χ1v) is 35.3. The summed E-state index contributed by atoms with van der Waals surface area (Å²) in [6, 6.07) is 31.7. The van der Waals surface area contributed by atoms with Gasteiger partial charge in [0.05, 0.1) is 88.8 Å². The van der Waals surface area contributed by atoms with E-state index in [1.807, 2.05) is 0 Å². The van der Waals surface area contributed by atoms with Gasteiger partial charge in [-0.15, -0.1) is 0 Å². The zero-order valence-corrected chi connectivity index (χ0v) is 59.8. The normalized spacial score (nSPS) is 18.8. The summed E-state index contributed by atoms with van der Waals surface area (Å²) >= 11 is 0. The third kappa shape index (κ3) is 29.5. The van der Waals surface area contributed by atoms with E-state index in [9.17, 15) is 97.2 Å². The van der Waals surface area contributed by atoms with Crippen molar-refractivity contribution in [2.24, 2.45) is 17.3 Å². The number of carbonyl (C=O) groups is 3. The Morgan fingerprint density at radius 2 is 1.03 bits per heavy atom. The molecule has 4 atom stereocenters. The molecular formula is C68H89F10N3O16S3. The van der Waals surface area contributed by atoms with Crippen LogP contribution in [-0.2, 0) is 78.6 Å². The van der Waals surface area contributed by atoms with Crippen molar-refractivity contribution in [3.63, 3.8) is 0 Å². The molecule has 19 nitrogen and oxygen atoms in total. The summed E-state index contributed by atoms with van der Waals surface area (Å²) in [5, 5.41) is -11.0. The third-order valence-corrected chi connectivity index (χ3v) is 17.8. The van der Waals surface area contributed by atoms with E-state index >= 15 is 0 Å².